The fourth-order valence-electron chi connectivity index (χ4n) is 4.34. The van der Waals surface area contributed by atoms with Crippen LogP contribution in [0.4, 0.5) is 10.5 Å². The minimum Gasteiger partial charge on any atom is -0.495 e. The molecule has 1 unspecified atom stereocenters. The van der Waals surface area contributed by atoms with E-state index in [0.717, 1.165) is 21.6 Å². The quantitative estimate of drug-likeness (QED) is 0.742. The summed E-state index contributed by atoms with van der Waals surface area (Å²) in [5.74, 6) is -0.330. The number of nitrogens with one attached hydrogen (secondary N) is 2. The molecule has 2 aliphatic rings. The Morgan fingerprint density at radius 1 is 1.19 bits per heavy atom. The van der Waals surface area contributed by atoms with Crippen molar-refractivity contribution in [2.45, 2.75) is 44.6 Å². The van der Waals surface area contributed by atoms with Crippen molar-refractivity contribution in [1.82, 2.24) is 10.2 Å². The molecule has 31 heavy (non-hydrogen) atoms. The van der Waals surface area contributed by atoms with E-state index in [1.165, 1.54) is 7.11 Å². The van der Waals surface area contributed by atoms with Crippen LogP contribution in [0.1, 0.15) is 43.9 Å². The van der Waals surface area contributed by atoms with Gasteiger partial charge in [-0.25, -0.2) is 4.79 Å². The van der Waals surface area contributed by atoms with Crippen molar-refractivity contribution < 1.29 is 19.1 Å². The van der Waals surface area contributed by atoms with Gasteiger partial charge in [-0.05, 0) is 47.1 Å². The van der Waals surface area contributed by atoms with Crippen LogP contribution in [0, 0.1) is 0 Å². The summed E-state index contributed by atoms with van der Waals surface area (Å²) in [5, 5.41) is 5.64. The number of methoxy groups -OCH3 is 1. The molecule has 1 atom stereocenters. The molecule has 1 aliphatic heterocycles. The second kappa shape index (κ2) is 7.41. The summed E-state index contributed by atoms with van der Waals surface area (Å²) in [5.41, 5.74) is 2.21. The van der Waals surface area contributed by atoms with Crippen molar-refractivity contribution in [3.05, 3.63) is 59.2 Å². The fourth-order valence-corrected chi connectivity index (χ4v) is 4.34. The molecular weight excluding hydrogens is 394 g/mol. The Labute approximate surface area is 181 Å². The second-order valence-electron chi connectivity index (χ2n) is 9.10. The predicted molar refractivity (Wildman–Crippen MR) is 117 cm³/mol. The van der Waals surface area contributed by atoms with Crippen molar-refractivity contribution >= 4 is 23.5 Å². The molecule has 2 aromatic carbocycles. The molecule has 4 rings (SSSR count). The van der Waals surface area contributed by atoms with Crippen LogP contribution in [-0.4, -0.2) is 36.4 Å². The lowest BCUT2D eigenvalue weighted by Gasteiger charge is -2.23. The van der Waals surface area contributed by atoms with Gasteiger partial charge >= 0.3 is 6.03 Å². The number of anilines is 1. The molecule has 2 N–H and O–H groups in total. The van der Waals surface area contributed by atoms with Crippen molar-refractivity contribution in [1.29, 1.82) is 0 Å². The largest absolute Gasteiger partial charge is 0.495 e. The maximum atomic E-state index is 13.2. The molecule has 7 nitrogen and oxygen atoms in total. The first-order valence-corrected chi connectivity index (χ1v) is 10.4. The Morgan fingerprint density at radius 2 is 1.94 bits per heavy atom. The van der Waals surface area contributed by atoms with Gasteiger partial charge in [0.1, 0.15) is 17.8 Å². The molecule has 0 aromatic heterocycles. The summed E-state index contributed by atoms with van der Waals surface area (Å²) in [6.45, 7) is 5.86. The number of nitrogens with zero attached hydrogens (tertiary/aromatic N) is 1. The normalized spacial score (nSPS) is 20.1. The lowest BCUT2D eigenvalue weighted by Crippen LogP contribution is -2.43. The summed E-state index contributed by atoms with van der Waals surface area (Å²) >= 11 is 0. The maximum Gasteiger partial charge on any atom is 0.325 e. The van der Waals surface area contributed by atoms with E-state index >= 15 is 0 Å². The SMILES string of the molecule is COc1ccc(C(C)(C)C)cc1NC(=O)CN1C(=O)NC2(CCc3ccccc32)C1=O. The van der Waals surface area contributed by atoms with Gasteiger partial charge in [-0.15, -0.1) is 0 Å². The Hall–Kier alpha value is -3.35. The van der Waals surface area contributed by atoms with E-state index < -0.39 is 17.5 Å². The summed E-state index contributed by atoms with van der Waals surface area (Å²) in [6, 6.07) is 12.7. The lowest BCUT2D eigenvalue weighted by atomic mass is 9.87. The minimum atomic E-state index is -1.07. The van der Waals surface area contributed by atoms with Crippen molar-refractivity contribution in [3.8, 4) is 5.75 Å². The number of imide groups is 1. The Kier molecular flexibility index (Phi) is 5.00. The number of benzene rings is 2. The average molecular weight is 421 g/mol. The third-order valence-electron chi connectivity index (χ3n) is 6.06. The van der Waals surface area contributed by atoms with Crippen LogP contribution in [0.2, 0.25) is 0 Å². The zero-order chi connectivity index (χ0) is 22.4. The molecule has 1 aliphatic carbocycles. The zero-order valence-electron chi connectivity index (χ0n) is 18.2. The van der Waals surface area contributed by atoms with Gasteiger partial charge in [-0.1, -0.05) is 51.1 Å². The number of carbonyl (C=O) groups is 3. The van der Waals surface area contributed by atoms with Crippen LogP contribution >= 0.6 is 0 Å². The standard InChI is InChI=1S/C24H27N3O4/c1-23(2,3)16-9-10-19(31-4)18(13-16)25-20(28)14-27-21(29)24(26-22(27)30)12-11-15-7-5-6-8-17(15)24/h5-10,13H,11-12,14H2,1-4H3,(H,25,28)(H,26,30). The molecule has 162 valence electrons. The van der Waals surface area contributed by atoms with E-state index in [1.807, 2.05) is 36.4 Å². The van der Waals surface area contributed by atoms with Gasteiger partial charge in [0.25, 0.3) is 5.91 Å². The highest BCUT2D eigenvalue weighted by Gasteiger charge is 2.55. The molecule has 2 aromatic rings. The third-order valence-corrected chi connectivity index (χ3v) is 6.06. The fraction of sp³-hybridized carbons (Fsp3) is 0.375. The molecule has 0 saturated carbocycles. The highest BCUT2D eigenvalue weighted by atomic mass is 16.5. The topological polar surface area (TPSA) is 87.7 Å². The van der Waals surface area contributed by atoms with E-state index in [1.54, 1.807) is 6.07 Å². The predicted octanol–water partition coefficient (Wildman–Crippen LogP) is 3.32. The smallest absolute Gasteiger partial charge is 0.325 e. The first-order valence-electron chi connectivity index (χ1n) is 10.4. The highest BCUT2D eigenvalue weighted by molar-refractivity contribution is 6.11. The van der Waals surface area contributed by atoms with Crippen molar-refractivity contribution in [3.63, 3.8) is 0 Å². The van der Waals surface area contributed by atoms with Crippen molar-refractivity contribution in [2.24, 2.45) is 0 Å². The summed E-state index contributed by atoms with van der Waals surface area (Å²) < 4.78 is 5.37. The van der Waals surface area contributed by atoms with E-state index in [2.05, 4.69) is 31.4 Å². The van der Waals surface area contributed by atoms with Crippen LogP contribution in [0.25, 0.3) is 0 Å². The zero-order valence-corrected chi connectivity index (χ0v) is 18.2. The van der Waals surface area contributed by atoms with Crippen LogP contribution in [0.5, 0.6) is 5.75 Å². The van der Waals surface area contributed by atoms with Gasteiger partial charge in [0.05, 0.1) is 12.8 Å². The van der Waals surface area contributed by atoms with E-state index in [-0.39, 0.29) is 17.9 Å². The summed E-state index contributed by atoms with van der Waals surface area (Å²) in [6.07, 6.45) is 1.20. The Morgan fingerprint density at radius 3 is 2.65 bits per heavy atom. The van der Waals surface area contributed by atoms with E-state index in [0.29, 0.717) is 24.3 Å². The summed E-state index contributed by atoms with van der Waals surface area (Å²) in [4.78, 5) is 39.7. The number of amides is 4. The second-order valence-corrected chi connectivity index (χ2v) is 9.10. The van der Waals surface area contributed by atoms with Gasteiger partial charge in [0.2, 0.25) is 5.91 Å². The van der Waals surface area contributed by atoms with Crippen molar-refractivity contribution in [2.75, 3.05) is 19.0 Å². The monoisotopic (exact) mass is 421 g/mol. The molecule has 1 heterocycles. The van der Waals surface area contributed by atoms with Gasteiger partial charge < -0.3 is 15.4 Å². The van der Waals surface area contributed by atoms with Gasteiger partial charge in [0.15, 0.2) is 0 Å². The van der Waals surface area contributed by atoms with Crippen LogP contribution in [0.3, 0.4) is 0 Å². The number of aryl methyl sites for hydroxylation is 1. The number of carbonyl (C=O) groups excluding carboxylic acids is 3. The van der Waals surface area contributed by atoms with Gasteiger partial charge in [-0.3, -0.25) is 14.5 Å². The Bertz CT molecular complexity index is 1070. The lowest BCUT2D eigenvalue weighted by molar-refractivity contribution is -0.134. The third kappa shape index (κ3) is 3.54. The molecule has 0 bridgehead atoms. The number of urea groups is 1. The number of hydrogen-bond donors (Lipinski definition) is 2. The number of rotatable bonds is 4. The molecule has 4 amide bonds. The first kappa shape index (κ1) is 20.9. The van der Waals surface area contributed by atoms with E-state index in [9.17, 15) is 14.4 Å². The average Bonchev–Trinajstić information content (AvgIpc) is 3.21. The summed E-state index contributed by atoms with van der Waals surface area (Å²) in [7, 11) is 1.53. The number of fused-ring (bicyclic) bond motifs is 2. The molecular formula is C24H27N3O4. The highest BCUT2D eigenvalue weighted by Crippen LogP contribution is 2.41. The van der Waals surface area contributed by atoms with Crippen LogP contribution in [0.15, 0.2) is 42.5 Å². The molecule has 0 radical (unpaired) electrons. The minimum absolute atomic E-state index is 0.112. The molecule has 7 heteroatoms. The molecule has 1 fully saturated rings. The number of hydrogen-bond acceptors (Lipinski definition) is 4. The molecule has 1 saturated heterocycles. The van der Waals surface area contributed by atoms with Gasteiger partial charge in [-0.2, -0.15) is 0 Å². The number of ether oxygens (including phenoxy) is 1. The maximum absolute atomic E-state index is 13.2. The van der Waals surface area contributed by atoms with Crippen LogP contribution < -0.4 is 15.4 Å². The van der Waals surface area contributed by atoms with Gasteiger partial charge in [0, 0.05) is 0 Å². The Balaban J connectivity index is 1.54. The molecule has 1 spiro atoms. The van der Waals surface area contributed by atoms with E-state index in [4.69, 9.17) is 4.74 Å². The van der Waals surface area contributed by atoms with Crippen LogP contribution in [-0.2, 0) is 27.0 Å². The first-order chi connectivity index (χ1) is 14.7.